The summed E-state index contributed by atoms with van der Waals surface area (Å²) in [7, 11) is 0. The third-order valence-electron chi connectivity index (χ3n) is 3.68. The van der Waals surface area contributed by atoms with Gasteiger partial charge < -0.3 is 16.2 Å². The molecule has 1 saturated heterocycles. The van der Waals surface area contributed by atoms with Crippen molar-refractivity contribution in [1.29, 1.82) is 0 Å². The quantitative estimate of drug-likeness (QED) is 0.659. The fourth-order valence-corrected chi connectivity index (χ4v) is 3.62. The average Bonchev–Trinajstić information content (AvgIpc) is 1.93. The van der Waals surface area contributed by atoms with E-state index in [0.717, 1.165) is 0 Å². The molecule has 3 heteroatoms. The van der Waals surface area contributed by atoms with E-state index in [2.05, 4.69) is 53.8 Å². The molecule has 1 unspecified atom stereocenters. The molecule has 1 rings (SSSR count). The van der Waals surface area contributed by atoms with Crippen LogP contribution in [-0.2, 0) is 0 Å². The normalized spacial score (nSPS) is 28.8. The van der Waals surface area contributed by atoms with Crippen LogP contribution in [0.2, 0.25) is 0 Å². The van der Waals surface area contributed by atoms with Crippen molar-refractivity contribution in [2.75, 3.05) is 0 Å². The summed E-state index contributed by atoms with van der Waals surface area (Å²) in [6, 6.07) is -0.212. The Hall–Kier alpha value is -0.120. The molecule has 3 nitrogen and oxygen atoms in total. The minimum atomic E-state index is -0.795. The highest BCUT2D eigenvalue weighted by molar-refractivity contribution is 5.10. The van der Waals surface area contributed by atoms with Crippen LogP contribution in [0.4, 0.5) is 0 Å². The Morgan fingerprint density at radius 3 is 1.71 bits per heavy atom. The molecule has 4 N–H and O–H groups in total. The van der Waals surface area contributed by atoms with Crippen molar-refractivity contribution in [2.24, 2.45) is 11.1 Å². The Balaban J connectivity index is 3.03. The molecule has 1 heterocycles. The van der Waals surface area contributed by atoms with E-state index in [1.165, 1.54) is 0 Å². The minimum Gasteiger partial charge on any atom is -0.388 e. The largest absolute Gasteiger partial charge is 0.388 e. The molecule has 102 valence electrons. The minimum absolute atomic E-state index is 0.0840. The van der Waals surface area contributed by atoms with Crippen molar-refractivity contribution < 1.29 is 5.11 Å². The zero-order chi connectivity index (χ0) is 13.7. The molecule has 0 aromatic heterocycles. The van der Waals surface area contributed by atoms with Crippen molar-refractivity contribution in [3.63, 3.8) is 0 Å². The lowest BCUT2D eigenvalue weighted by molar-refractivity contribution is -0.0942. The second-order valence-corrected chi connectivity index (χ2v) is 8.19. The number of aliphatic hydroxyl groups is 1. The second-order valence-electron chi connectivity index (χ2n) is 8.19. The van der Waals surface area contributed by atoms with E-state index in [4.69, 9.17) is 5.73 Å². The predicted molar refractivity (Wildman–Crippen MR) is 72.9 cm³/mol. The Labute approximate surface area is 106 Å². The number of piperidine rings is 1. The van der Waals surface area contributed by atoms with Gasteiger partial charge in [-0.25, -0.2) is 0 Å². The summed E-state index contributed by atoms with van der Waals surface area (Å²) in [4.78, 5) is 0. The Morgan fingerprint density at radius 2 is 1.41 bits per heavy atom. The van der Waals surface area contributed by atoms with Crippen LogP contribution in [-0.4, -0.2) is 27.8 Å². The molecule has 0 radical (unpaired) electrons. The molecule has 1 aliphatic heterocycles. The summed E-state index contributed by atoms with van der Waals surface area (Å²) in [6.45, 7) is 14.8. The molecular formula is C14H30N2O. The molecule has 0 bridgehead atoms. The van der Waals surface area contributed by atoms with E-state index < -0.39 is 5.60 Å². The Morgan fingerprint density at radius 1 is 1.06 bits per heavy atom. The van der Waals surface area contributed by atoms with E-state index >= 15 is 0 Å². The number of rotatable bonds is 1. The van der Waals surface area contributed by atoms with Crippen LogP contribution in [0.5, 0.6) is 0 Å². The predicted octanol–water partition coefficient (Wildman–Crippen LogP) is 2.03. The fraction of sp³-hybridized carbons (Fsp3) is 1.00. The molecule has 1 atom stereocenters. The molecule has 0 aromatic rings. The van der Waals surface area contributed by atoms with Crippen molar-refractivity contribution in [1.82, 2.24) is 5.32 Å². The molecule has 1 fully saturated rings. The average molecular weight is 242 g/mol. The van der Waals surface area contributed by atoms with Crippen LogP contribution in [0.3, 0.4) is 0 Å². The third kappa shape index (κ3) is 3.43. The molecule has 0 aliphatic carbocycles. The van der Waals surface area contributed by atoms with Gasteiger partial charge in [0.25, 0.3) is 0 Å². The molecule has 0 saturated carbocycles. The SMILES string of the molecule is CC1(C)CC(O)(C(N)C(C)(C)C)CC(C)(C)N1. The summed E-state index contributed by atoms with van der Waals surface area (Å²) in [5, 5.41) is 14.6. The van der Waals surface area contributed by atoms with Crippen LogP contribution in [0.15, 0.2) is 0 Å². The van der Waals surface area contributed by atoms with Crippen LogP contribution in [0, 0.1) is 5.41 Å². The van der Waals surface area contributed by atoms with Gasteiger partial charge in [-0.3, -0.25) is 0 Å². The molecule has 1 aliphatic rings. The number of hydrogen-bond acceptors (Lipinski definition) is 3. The van der Waals surface area contributed by atoms with E-state index in [-0.39, 0.29) is 22.5 Å². The first kappa shape index (κ1) is 14.9. The maximum absolute atomic E-state index is 11.0. The van der Waals surface area contributed by atoms with Gasteiger partial charge >= 0.3 is 0 Å². The highest BCUT2D eigenvalue weighted by Crippen LogP contribution is 2.41. The maximum Gasteiger partial charge on any atom is 0.0837 e. The summed E-state index contributed by atoms with van der Waals surface area (Å²) in [5.74, 6) is 0. The summed E-state index contributed by atoms with van der Waals surface area (Å²) >= 11 is 0. The number of nitrogens with one attached hydrogen (secondary N) is 1. The van der Waals surface area contributed by atoms with Gasteiger partial charge in [-0.1, -0.05) is 20.8 Å². The molecular weight excluding hydrogens is 212 g/mol. The summed E-state index contributed by atoms with van der Waals surface area (Å²) < 4.78 is 0. The zero-order valence-corrected chi connectivity index (χ0v) is 12.5. The first-order valence-electron chi connectivity index (χ1n) is 6.55. The van der Waals surface area contributed by atoms with Crippen molar-refractivity contribution >= 4 is 0 Å². The molecule has 0 spiro atoms. The van der Waals surface area contributed by atoms with E-state index in [0.29, 0.717) is 12.8 Å². The Kier molecular flexibility index (Phi) is 3.46. The van der Waals surface area contributed by atoms with Crippen molar-refractivity contribution in [3.8, 4) is 0 Å². The van der Waals surface area contributed by atoms with Gasteiger partial charge in [-0.05, 0) is 46.0 Å². The van der Waals surface area contributed by atoms with Gasteiger partial charge in [-0.15, -0.1) is 0 Å². The van der Waals surface area contributed by atoms with Gasteiger partial charge in [0.05, 0.1) is 5.60 Å². The molecule has 17 heavy (non-hydrogen) atoms. The Bertz CT molecular complexity index is 273. The third-order valence-corrected chi connectivity index (χ3v) is 3.68. The van der Waals surface area contributed by atoms with Crippen molar-refractivity contribution in [3.05, 3.63) is 0 Å². The van der Waals surface area contributed by atoms with E-state index in [1.54, 1.807) is 0 Å². The van der Waals surface area contributed by atoms with Crippen molar-refractivity contribution in [2.45, 2.75) is 84.0 Å². The van der Waals surface area contributed by atoms with Gasteiger partial charge in [-0.2, -0.15) is 0 Å². The zero-order valence-electron chi connectivity index (χ0n) is 12.5. The fourth-order valence-electron chi connectivity index (χ4n) is 3.62. The summed E-state index contributed by atoms with van der Waals surface area (Å²) in [6.07, 6.45) is 1.39. The lowest BCUT2D eigenvalue weighted by atomic mass is 9.64. The van der Waals surface area contributed by atoms with Gasteiger partial charge in [0, 0.05) is 17.1 Å². The standard InChI is InChI=1S/C14H30N2O/c1-11(2,3)10(15)14(17)8-12(4,5)16-13(6,7)9-14/h10,16-17H,8-9,15H2,1-7H3. The maximum atomic E-state index is 11.0. The van der Waals surface area contributed by atoms with Crippen LogP contribution in [0.1, 0.15) is 61.3 Å². The first-order valence-corrected chi connectivity index (χ1v) is 6.55. The number of hydrogen-bond donors (Lipinski definition) is 3. The van der Waals surface area contributed by atoms with E-state index in [1.807, 2.05) is 0 Å². The number of nitrogens with two attached hydrogens (primary N) is 1. The first-order chi connectivity index (χ1) is 7.28. The molecule has 0 amide bonds. The van der Waals surface area contributed by atoms with Crippen LogP contribution >= 0.6 is 0 Å². The topological polar surface area (TPSA) is 58.3 Å². The monoisotopic (exact) mass is 242 g/mol. The lowest BCUT2D eigenvalue weighted by Gasteiger charge is -2.54. The van der Waals surface area contributed by atoms with Gasteiger partial charge in [0.1, 0.15) is 0 Å². The highest BCUT2D eigenvalue weighted by Gasteiger charge is 2.51. The second kappa shape index (κ2) is 3.94. The highest BCUT2D eigenvalue weighted by atomic mass is 16.3. The van der Waals surface area contributed by atoms with Crippen LogP contribution < -0.4 is 11.1 Å². The smallest absolute Gasteiger partial charge is 0.0837 e. The summed E-state index contributed by atoms with van der Waals surface area (Å²) in [5.41, 5.74) is 5.28. The lowest BCUT2D eigenvalue weighted by Crippen LogP contribution is -2.69. The van der Waals surface area contributed by atoms with Gasteiger partial charge in [0.2, 0.25) is 0 Å². The van der Waals surface area contributed by atoms with Gasteiger partial charge in [0.15, 0.2) is 0 Å². The molecule has 0 aromatic carbocycles. The van der Waals surface area contributed by atoms with E-state index in [9.17, 15) is 5.11 Å². The van der Waals surface area contributed by atoms with Crippen LogP contribution in [0.25, 0.3) is 0 Å².